The summed E-state index contributed by atoms with van der Waals surface area (Å²) in [5, 5.41) is 3.69. The summed E-state index contributed by atoms with van der Waals surface area (Å²) in [6.45, 7) is 7.90. The number of thioether (sulfide) groups is 1. The topological polar surface area (TPSA) is 12.0 Å². The molecular formula is C15H24INS. The van der Waals surface area contributed by atoms with Gasteiger partial charge in [-0.3, -0.25) is 0 Å². The van der Waals surface area contributed by atoms with Crippen molar-refractivity contribution in [3.63, 3.8) is 0 Å². The van der Waals surface area contributed by atoms with E-state index in [4.69, 9.17) is 0 Å². The SMILES string of the molecule is CCC(CC)(CNC(C)c1ccc(I)cc1)SC. The van der Waals surface area contributed by atoms with Gasteiger partial charge >= 0.3 is 0 Å². The van der Waals surface area contributed by atoms with Gasteiger partial charge in [-0.2, -0.15) is 11.8 Å². The summed E-state index contributed by atoms with van der Waals surface area (Å²) in [7, 11) is 0. The molecule has 1 aromatic carbocycles. The van der Waals surface area contributed by atoms with Crippen LogP contribution < -0.4 is 5.32 Å². The lowest BCUT2D eigenvalue weighted by Gasteiger charge is -2.31. The van der Waals surface area contributed by atoms with Gasteiger partial charge < -0.3 is 5.32 Å². The maximum Gasteiger partial charge on any atom is 0.0292 e. The van der Waals surface area contributed by atoms with Crippen LogP contribution in [0, 0.1) is 3.57 Å². The summed E-state index contributed by atoms with van der Waals surface area (Å²) >= 11 is 4.34. The lowest BCUT2D eigenvalue weighted by atomic mass is 10.0. The molecule has 0 heterocycles. The van der Waals surface area contributed by atoms with E-state index in [0.29, 0.717) is 10.8 Å². The maximum absolute atomic E-state index is 3.69. The first-order chi connectivity index (χ1) is 8.56. The summed E-state index contributed by atoms with van der Waals surface area (Å²) in [6.07, 6.45) is 4.67. The molecule has 1 nitrogen and oxygen atoms in total. The average molecular weight is 377 g/mol. The largest absolute Gasteiger partial charge is 0.309 e. The molecule has 1 atom stereocenters. The van der Waals surface area contributed by atoms with Gasteiger partial charge in [0.1, 0.15) is 0 Å². The van der Waals surface area contributed by atoms with E-state index in [1.807, 2.05) is 11.8 Å². The third-order valence-corrected chi connectivity index (χ3v) is 6.13. The van der Waals surface area contributed by atoms with Crippen LogP contribution in [0.15, 0.2) is 24.3 Å². The fourth-order valence-corrected chi connectivity index (χ4v) is 3.23. The average Bonchev–Trinajstić information content (AvgIpc) is 2.41. The molecule has 0 saturated carbocycles. The quantitative estimate of drug-likeness (QED) is 0.681. The van der Waals surface area contributed by atoms with Crippen molar-refractivity contribution in [3.8, 4) is 0 Å². The highest BCUT2D eigenvalue weighted by Crippen LogP contribution is 2.30. The van der Waals surface area contributed by atoms with Crippen LogP contribution in [-0.2, 0) is 0 Å². The Morgan fingerprint density at radius 2 is 1.78 bits per heavy atom. The fraction of sp³-hybridized carbons (Fsp3) is 0.600. The third-order valence-electron chi connectivity index (χ3n) is 3.82. The molecule has 0 saturated heterocycles. The van der Waals surface area contributed by atoms with E-state index in [1.165, 1.54) is 22.0 Å². The molecule has 18 heavy (non-hydrogen) atoms. The van der Waals surface area contributed by atoms with Crippen LogP contribution in [0.4, 0.5) is 0 Å². The Hall–Kier alpha value is 0.260. The zero-order valence-corrected chi connectivity index (χ0v) is 14.8. The number of hydrogen-bond acceptors (Lipinski definition) is 2. The highest BCUT2D eigenvalue weighted by Gasteiger charge is 2.25. The summed E-state index contributed by atoms with van der Waals surface area (Å²) in [5.74, 6) is 0. The van der Waals surface area contributed by atoms with Crippen LogP contribution in [0.1, 0.15) is 45.2 Å². The molecule has 0 bridgehead atoms. The monoisotopic (exact) mass is 377 g/mol. The molecule has 0 aliphatic rings. The minimum Gasteiger partial charge on any atom is -0.309 e. The molecule has 1 unspecified atom stereocenters. The highest BCUT2D eigenvalue weighted by molar-refractivity contribution is 14.1. The Bertz CT molecular complexity index is 338. The molecule has 0 aromatic heterocycles. The summed E-state index contributed by atoms with van der Waals surface area (Å²) in [6, 6.07) is 9.22. The summed E-state index contributed by atoms with van der Waals surface area (Å²) < 4.78 is 1.68. The summed E-state index contributed by atoms with van der Waals surface area (Å²) in [4.78, 5) is 0. The fourth-order valence-electron chi connectivity index (χ4n) is 2.07. The lowest BCUT2D eigenvalue weighted by Crippen LogP contribution is -2.37. The van der Waals surface area contributed by atoms with Gasteiger partial charge in [-0.25, -0.2) is 0 Å². The molecule has 102 valence electrons. The Morgan fingerprint density at radius 1 is 1.22 bits per heavy atom. The molecule has 1 aromatic rings. The van der Waals surface area contributed by atoms with Gasteiger partial charge in [0.2, 0.25) is 0 Å². The smallest absolute Gasteiger partial charge is 0.0292 e. The van der Waals surface area contributed by atoms with E-state index in [9.17, 15) is 0 Å². The van der Waals surface area contributed by atoms with E-state index in [2.05, 4.69) is 79.2 Å². The Balaban J connectivity index is 2.59. The van der Waals surface area contributed by atoms with Crippen molar-refractivity contribution >= 4 is 34.4 Å². The molecule has 0 radical (unpaired) electrons. The summed E-state index contributed by atoms with van der Waals surface area (Å²) in [5.41, 5.74) is 1.37. The normalized spacial score (nSPS) is 13.6. The Labute approximate surface area is 130 Å². The molecule has 0 aliphatic carbocycles. The minimum absolute atomic E-state index is 0.386. The molecule has 0 amide bonds. The zero-order chi connectivity index (χ0) is 13.6. The van der Waals surface area contributed by atoms with Crippen molar-refractivity contribution in [2.75, 3.05) is 12.8 Å². The standard InChI is InChI=1S/C15H24INS/c1-5-15(6-2,18-4)11-17-12(3)13-7-9-14(16)10-8-13/h7-10,12,17H,5-6,11H2,1-4H3. The molecule has 0 aliphatic heterocycles. The molecule has 0 fully saturated rings. The van der Waals surface area contributed by atoms with E-state index in [1.54, 1.807) is 0 Å². The molecule has 3 heteroatoms. The Kier molecular flexibility index (Phi) is 7.03. The highest BCUT2D eigenvalue weighted by atomic mass is 127. The molecular weight excluding hydrogens is 353 g/mol. The van der Waals surface area contributed by atoms with Gasteiger partial charge in [-0.05, 0) is 66.3 Å². The van der Waals surface area contributed by atoms with Crippen LogP contribution >= 0.6 is 34.4 Å². The second kappa shape index (κ2) is 7.75. The number of hydrogen-bond donors (Lipinski definition) is 1. The van der Waals surface area contributed by atoms with Gasteiger partial charge in [0, 0.05) is 20.9 Å². The van der Waals surface area contributed by atoms with Crippen molar-refractivity contribution in [2.24, 2.45) is 0 Å². The van der Waals surface area contributed by atoms with Gasteiger partial charge in [0.05, 0.1) is 0 Å². The first kappa shape index (κ1) is 16.3. The predicted molar refractivity (Wildman–Crippen MR) is 92.4 cm³/mol. The second-order valence-electron chi connectivity index (χ2n) is 4.75. The van der Waals surface area contributed by atoms with Gasteiger partial charge in [0.15, 0.2) is 0 Å². The van der Waals surface area contributed by atoms with Crippen molar-refractivity contribution < 1.29 is 0 Å². The number of halogens is 1. The van der Waals surface area contributed by atoms with E-state index < -0.39 is 0 Å². The van der Waals surface area contributed by atoms with Crippen LogP contribution in [-0.4, -0.2) is 17.5 Å². The van der Waals surface area contributed by atoms with E-state index in [0.717, 1.165) is 6.54 Å². The van der Waals surface area contributed by atoms with Crippen LogP contribution in [0.5, 0.6) is 0 Å². The van der Waals surface area contributed by atoms with Crippen LogP contribution in [0.2, 0.25) is 0 Å². The maximum atomic E-state index is 3.69. The molecule has 1 N–H and O–H groups in total. The first-order valence-electron chi connectivity index (χ1n) is 6.61. The van der Waals surface area contributed by atoms with Crippen molar-refractivity contribution in [2.45, 2.75) is 44.4 Å². The molecule has 0 spiro atoms. The zero-order valence-electron chi connectivity index (χ0n) is 11.8. The van der Waals surface area contributed by atoms with E-state index >= 15 is 0 Å². The van der Waals surface area contributed by atoms with E-state index in [-0.39, 0.29) is 0 Å². The Morgan fingerprint density at radius 3 is 2.22 bits per heavy atom. The van der Waals surface area contributed by atoms with Crippen molar-refractivity contribution in [1.82, 2.24) is 5.32 Å². The van der Waals surface area contributed by atoms with Crippen molar-refractivity contribution in [3.05, 3.63) is 33.4 Å². The first-order valence-corrected chi connectivity index (χ1v) is 8.91. The lowest BCUT2D eigenvalue weighted by molar-refractivity contribution is 0.460. The van der Waals surface area contributed by atoms with Gasteiger partial charge in [-0.1, -0.05) is 26.0 Å². The van der Waals surface area contributed by atoms with Gasteiger partial charge in [-0.15, -0.1) is 0 Å². The number of rotatable bonds is 7. The van der Waals surface area contributed by atoms with Gasteiger partial charge in [0.25, 0.3) is 0 Å². The van der Waals surface area contributed by atoms with Crippen molar-refractivity contribution in [1.29, 1.82) is 0 Å². The van der Waals surface area contributed by atoms with Crippen LogP contribution in [0.25, 0.3) is 0 Å². The van der Waals surface area contributed by atoms with Crippen LogP contribution in [0.3, 0.4) is 0 Å². The third kappa shape index (κ3) is 4.42. The number of benzene rings is 1. The number of nitrogens with one attached hydrogen (secondary N) is 1. The predicted octanol–water partition coefficient (Wildman–Crippen LogP) is 4.86. The second-order valence-corrected chi connectivity index (χ2v) is 7.27. The molecule has 1 rings (SSSR count). The minimum atomic E-state index is 0.386.